The van der Waals surface area contributed by atoms with Gasteiger partial charge in [0, 0.05) is 19.8 Å². The first-order valence-electron chi connectivity index (χ1n) is 3.64. The summed E-state index contributed by atoms with van der Waals surface area (Å²) in [6.07, 6.45) is 0. The second-order valence-corrected chi connectivity index (χ2v) is 2.96. The highest BCUT2D eigenvalue weighted by Gasteiger charge is 1.98. The van der Waals surface area contributed by atoms with Crippen molar-refractivity contribution in [2.75, 3.05) is 19.0 Å². The molecule has 1 aromatic carbocycles. The van der Waals surface area contributed by atoms with Gasteiger partial charge in [0.05, 0.1) is 0 Å². The second kappa shape index (κ2) is 2.99. The lowest BCUT2D eigenvalue weighted by Crippen LogP contribution is -2.19. The van der Waals surface area contributed by atoms with Crippen molar-refractivity contribution in [1.29, 1.82) is 0 Å². The predicted octanol–water partition coefficient (Wildman–Crippen LogP) is 0.855. The molecule has 0 spiro atoms. The second-order valence-electron chi connectivity index (χ2n) is 2.96. The zero-order chi connectivity index (χ0) is 8.43. The molecule has 0 aliphatic carbocycles. The lowest BCUT2D eigenvalue weighted by atomic mass is 9.92. The van der Waals surface area contributed by atoms with Crippen LogP contribution in [0.1, 0.15) is 5.56 Å². The van der Waals surface area contributed by atoms with E-state index in [1.54, 1.807) is 0 Å². The fourth-order valence-electron chi connectivity index (χ4n) is 1.04. The first-order valence-corrected chi connectivity index (χ1v) is 3.64. The Kier molecular flexibility index (Phi) is 2.23. The van der Waals surface area contributed by atoms with Crippen molar-refractivity contribution in [2.45, 2.75) is 6.92 Å². The van der Waals surface area contributed by atoms with Gasteiger partial charge < -0.3 is 4.90 Å². The average Bonchev–Trinajstić information content (AvgIpc) is 1.94. The molecule has 0 aromatic heterocycles. The standard InChI is InChI=1S/C9H12BN/c1-7-4-5-8(10)9(6-7)11(2)3/h4-6H,1-3H3. The smallest absolute Gasteiger partial charge is 0.116 e. The van der Waals surface area contributed by atoms with Gasteiger partial charge in [-0.15, -0.1) is 0 Å². The molecule has 11 heavy (non-hydrogen) atoms. The largest absolute Gasteiger partial charge is 0.378 e. The Bertz CT molecular complexity index is 256. The Morgan fingerprint density at radius 3 is 2.36 bits per heavy atom. The third-order valence-electron chi connectivity index (χ3n) is 1.67. The monoisotopic (exact) mass is 145 g/mol. The van der Waals surface area contributed by atoms with E-state index >= 15 is 0 Å². The summed E-state index contributed by atoms with van der Waals surface area (Å²) in [7, 11) is 9.73. The van der Waals surface area contributed by atoms with E-state index in [1.165, 1.54) is 5.56 Å². The van der Waals surface area contributed by atoms with Crippen molar-refractivity contribution in [3.05, 3.63) is 23.8 Å². The van der Waals surface area contributed by atoms with Gasteiger partial charge >= 0.3 is 0 Å². The summed E-state index contributed by atoms with van der Waals surface area (Å²) in [5.74, 6) is 0. The number of aryl methyl sites for hydroxylation is 1. The molecule has 0 saturated carbocycles. The fourth-order valence-corrected chi connectivity index (χ4v) is 1.04. The molecule has 0 fully saturated rings. The Balaban J connectivity index is 3.13. The molecule has 0 aliphatic rings. The lowest BCUT2D eigenvalue weighted by Gasteiger charge is -2.16. The summed E-state index contributed by atoms with van der Waals surface area (Å²) in [4.78, 5) is 2.02. The van der Waals surface area contributed by atoms with E-state index in [2.05, 4.69) is 13.0 Å². The van der Waals surface area contributed by atoms with Crippen LogP contribution in [0.3, 0.4) is 0 Å². The zero-order valence-electron chi connectivity index (χ0n) is 7.26. The summed E-state index contributed by atoms with van der Waals surface area (Å²) in [5, 5.41) is 0. The molecule has 0 bridgehead atoms. The van der Waals surface area contributed by atoms with Crippen LogP contribution in [0.5, 0.6) is 0 Å². The van der Waals surface area contributed by atoms with Crippen LogP contribution in [0.4, 0.5) is 5.69 Å². The molecule has 2 radical (unpaired) electrons. The van der Waals surface area contributed by atoms with Crippen molar-refractivity contribution >= 4 is 19.0 Å². The molecule has 0 amide bonds. The summed E-state index contributed by atoms with van der Waals surface area (Å²) >= 11 is 0. The number of nitrogens with zero attached hydrogens (tertiary/aromatic N) is 1. The van der Waals surface area contributed by atoms with Gasteiger partial charge in [-0.25, -0.2) is 0 Å². The van der Waals surface area contributed by atoms with Gasteiger partial charge in [0.25, 0.3) is 0 Å². The Morgan fingerprint density at radius 1 is 1.27 bits per heavy atom. The highest BCUT2D eigenvalue weighted by molar-refractivity contribution is 6.35. The van der Waals surface area contributed by atoms with Gasteiger partial charge in [-0.05, 0) is 18.6 Å². The van der Waals surface area contributed by atoms with Crippen LogP contribution in [0.2, 0.25) is 0 Å². The maximum atomic E-state index is 5.75. The minimum atomic E-state index is 0.834. The van der Waals surface area contributed by atoms with Crippen molar-refractivity contribution in [3.8, 4) is 0 Å². The Morgan fingerprint density at radius 2 is 1.91 bits per heavy atom. The Labute approximate surface area is 69.4 Å². The summed E-state index contributed by atoms with van der Waals surface area (Å²) in [6, 6.07) is 6.03. The molecule has 1 rings (SSSR count). The van der Waals surface area contributed by atoms with Crippen molar-refractivity contribution in [3.63, 3.8) is 0 Å². The van der Waals surface area contributed by atoms with E-state index in [0.29, 0.717) is 0 Å². The van der Waals surface area contributed by atoms with Crippen LogP contribution < -0.4 is 10.4 Å². The van der Waals surface area contributed by atoms with Crippen molar-refractivity contribution in [1.82, 2.24) is 0 Å². The molecule has 0 atom stereocenters. The summed E-state index contributed by atoms with van der Waals surface area (Å²) in [6.45, 7) is 2.06. The van der Waals surface area contributed by atoms with Crippen LogP contribution in [0.25, 0.3) is 0 Å². The SMILES string of the molecule is [B]c1ccc(C)cc1N(C)C. The number of anilines is 1. The highest BCUT2D eigenvalue weighted by atomic mass is 15.1. The molecular formula is C9H12BN. The number of rotatable bonds is 1. The quantitative estimate of drug-likeness (QED) is 0.529. The van der Waals surface area contributed by atoms with Crippen LogP contribution >= 0.6 is 0 Å². The van der Waals surface area contributed by atoms with E-state index in [9.17, 15) is 0 Å². The highest BCUT2D eigenvalue weighted by Crippen LogP contribution is 2.08. The molecule has 1 nitrogen and oxygen atoms in total. The molecule has 1 aromatic rings. The van der Waals surface area contributed by atoms with Crippen molar-refractivity contribution in [2.24, 2.45) is 0 Å². The maximum absolute atomic E-state index is 5.75. The van der Waals surface area contributed by atoms with Gasteiger partial charge in [0.15, 0.2) is 0 Å². The Hall–Kier alpha value is -0.915. The molecule has 0 saturated heterocycles. The minimum absolute atomic E-state index is 0.834. The van der Waals surface area contributed by atoms with Crippen molar-refractivity contribution < 1.29 is 0 Å². The first kappa shape index (κ1) is 8.18. The van der Waals surface area contributed by atoms with E-state index in [1.807, 2.05) is 31.1 Å². The number of hydrogen-bond acceptors (Lipinski definition) is 1. The average molecular weight is 145 g/mol. The maximum Gasteiger partial charge on any atom is 0.116 e. The molecule has 0 heterocycles. The van der Waals surface area contributed by atoms with Gasteiger partial charge in [-0.3, -0.25) is 0 Å². The van der Waals surface area contributed by atoms with E-state index in [0.717, 1.165) is 11.2 Å². The number of hydrogen-bond donors (Lipinski definition) is 0. The summed E-state index contributed by atoms with van der Waals surface area (Å²) in [5.41, 5.74) is 3.16. The van der Waals surface area contributed by atoms with Gasteiger partial charge in [-0.2, -0.15) is 0 Å². The molecule has 0 aliphatic heterocycles. The van der Waals surface area contributed by atoms with Crippen LogP contribution in [0, 0.1) is 6.92 Å². The molecule has 56 valence electrons. The van der Waals surface area contributed by atoms with Gasteiger partial charge in [0.1, 0.15) is 7.85 Å². The molecular weight excluding hydrogens is 133 g/mol. The minimum Gasteiger partial charge on any atom is -0.378 e. The van der Waals surface area contributed by atoms with E-state index in [4.69, 9.17) is 7.85 Å². The lowest BCUT2D eigenvalue weighted by molar-refractivity contribution is 1.13. The first-order chi connectivity index (χ1) is 5.11. The normalized spacial score (nSPS) is 9.73. The van der Waals surface area contributed by atoms with Crippen LogP contribution in [-0.2, 0) is 0 Å². The third kappa shape index (κ3) is 1.76. The van der Waals surface area contributed by atoms with Crippen LogP contribution in [0.15, 0.2) is 18.2 Å². The fraction of sp³-hybridized carbons (Fsp3) is 0.333. The van der Waals surface area contributed by atoms with Crippen LogP contribution in [-0.4, -0.2) is 21.9 Å². The predicted molar refractivity (Wildman–Crippen MR) is 50.9 cm³/mol. The zero-order valence-corrected chi connectivity index (χ0v) is 7.26. The topological polar surface area (TPSA) is 3.24 Å². The summed E-state index contributed by atoms with van der Waals surface area (Å²) < 4.78 is 0. The van der Waals surface area contributed by atoms with E-state index in [-0.39, 0.29) is 0 Å². The molecule has 0 unspecified atom stereocenters. The van der Waals surface area contributed by atoms with Gasteiger partial charge in [0.2, 0.25) is 0 Å². The molecule has 0 N–H and O–H groups in total. The van der Waals surface area contributed by atoms with E-state index < -0.39 is 0 Å². The number of benzene rings is 1. The third-order valence-corrected chi connectivity index (χ3v) is 1.67. The van der Waals surface area contributed by atoms with Gasteiger partial charge in [-0.1, -0.05) is 17.6 Å². The molecule has 2 heteroatoms.